The van der Waals surface area contributed by atoms with Gasteiger partial charge in [0, 0.05) is 20.0 Å². The summed E-state index contributed by atoms with van der Waals surface area (Å²) in [7, 11) is -1.84. The number of furan rings is 1. The van der Waals surface area contributed by atoms with Crippen LogP contribution in [0.5, 0.6) is 5.75 Å². The second-order valence-electron chi connectivity index (χ2n) is 5.96. The van der Waals surface area contributed by atoms with E-state index in [2.05, 4.69) is 5.32 Å². The number of anilines is 1. The Morgan fingerprint density at radius 2 is 1.96 bits per heavy atom. The lowest BCUT2D eigenvalue weighted by atomic mass is 10.2. The maximum atomic E-state index is 12.1. The number of carbonyl (C=O) groups is 1. The van der Waals surface area contributed by atoms with Crippen LogP contribution in [0.2, 0.25) is 0 Å². The summed E-state index contributed by atoms with van der Waals surface area (Å²) in [5.41, 5.74) is 0.523. The SMILES string of the molecule is C[C@H](Oc1ccc(N(C)S(C)(=O)=O)cc1)C(=O)NCCCc1ccco1. The van der Waals surface area contributed by atoms with Crippen LogP contribution in [-0.4, -0.2) is 40.3 Å². The zero-order valence-electron chi connectivity index (χ0n) is 15.1. The van der Waals surface area contributed by atoms with Gasteiger partial charge in [0.15, 0.2) is 6.10 Å². The number of hydrogen-bond donors (Lipinski definition) is 1. The first-order chi connectivity index (χ1) is 12.3. The molecule has 1 aromatic heterocycles. The van der Waals surface area contributed by atoms with E-state index in [0.717, 1.165) is 24.9 Å². The van der Waals surface area contributed by atoms with E-state index >= 15 is 0 Å². The van der Waals surface area contributed by atoms with Gasteiger partial charge in [-0.05, 0) is 49.7 Å². The number of nitrogens with one attached hydrogen (secondary N) is 1. The predicted octanol–water partition coefficient (Wildman–Crippen LogP) is 2.19. The van der Waals surface area contributed by atoms with Gasteiger partial charge in [-0.2, -0.15) is 0 Å². The molecule has 1 amide bonds. The summed E-state index contributed by atoms with van der Waals surface area (Å²) in [5, 5.41) is 2.82. The maximum Gasteiger partial charge on any atom is 0.260 e. The molecule has 2 aromatic rings. The van der Waals surface area contributed by atoms with E-state index < -0.39 is 16.1 Å². The number of amides is 1. The minimum atomic E-state index is -3.31. The van der Waals surface area contributed by atoms with E-state index in [1.807, 2.05) is 12.1 Å². The van der Waals surface area contributed by atoms with Crippen molar-refractivity contribution >= 4 is 21.6 Å². The van der Waals surface area contributed by atoms with Crippen LogP contribution in [0.25, 0.3) is 0 Å². The monoisotopic (exact) mass is 380 g/mol. The fourth-order valence-corrected chi connectivity index (χ4v) is 2.76. The summed E-state index contributed by atoms with van der Waals surface area (Å²) < 4.78 is 35.0. The summed E-state index contributed by atoms with van der Waals surface area (Å²) >= 11 is 0. The second kappa shape index (κ2) is 8.75. The van der Waals surface area contributed by atoms with Crippen LogP contribution >= 0.6 is 0 Å². The topological polar surface area (TPSA) is 88.8 Å². The van der Waals surface area contributed by atoms with Crippen LogP contribution in [0, 0.1) is 0 Å². The van der Waals surface area contributed by atoms with Crippen LogP contribution in [0.15, 0.2) is 47.1 Å². The normalized spacial score (nSPS) is 12.4. The van der Waals surface area contributed by atoms with Gasteiger partial charge >= 0.3 is 0 Å². The number of nitrogens with zero attached hydrogens (tertiary/aromatic N) is 1. The van der Waals surface area contributed by atoms with Crippen molar-refractivity contribution in [2.45, 2.75) is 25.9 Å². The molecule has 0 saturated heterocycles. The molecule has 1 atom stereocenters. The van der Waals surface area contributed by atoms with Gasteiger partial charge in [-0.25, -0.2) is 8.42 Å². The average Bonchev–Trinajstić information content (AvgIpc) is 3.11. The Bertz CT molecular complexity index is 801. The molecule has 0 saturated carbocycles. The van der Waals surface area contributed by atoms with Gasteiger partial charge in [0.1, 0.15) is 11.5 Å². The highest BCUT2D eigenvalue weighted by Crippen LogP contribution is 2.21. The maximum absolute atomic E-state index is 12.1. The number of carbonyl (C=O) groups excluding carboxylic acids is 1. The quantitative estimate of drug-likeness (QED) is 0.674. The van der Waals surface area contributed by atoms with E-state index in [9.17, 15) is 13.2 Å². The summed E-state index contributed by atoms with van der Waals surface area (Å²) in [6, 6.07) is 10.3. The van der Waals surface area contributed by atoms with Crippen LogP contribution < -0.4 is 14.4 Å². The Morgan fingerprint density at radius 1 is 1.27 bits per heavy atom. The molecule has 0 fully saturated rings. The van der Waals surface area contributed by atoms with Gasteiger partial charge in [-0.15, -0.1) is 0 Å². The van der Waals surface area contributed by atoms with Crippen LogP contribution in [0.3, 0.4) is 0 Å². The molecule has 0 unspecified atom stereocenters. The highest BCUT2D eigenvalue weighted by atomic mass is 32.2. The zero-order valence-corrected chi connectivity index (χ0v) is 16.0. The fourth-order valence-electron chi connectivity index (χ4n) is 2.26. The molecule has 1 heterocycles. The molecule has 1 aromatic carbocycles. The number of sulfonamides is 1. The third-order valence-electron chi connectivity index (χ3n) is 3.86. The Balaban J connectivity index is 1.79. The molecule has 7 nitrogen and oxygen atoms in total. The summed E-state index contributed by atoms with van der Waals surface area (Å²) in [6.45, 7) is 2.20. The lowest BCUT2D eigenvalue weighted by Gasteiger charge is -2.18. The third-order valence-corrected chi connectivity index (χ3v) is 5.06. The van der Waals surface area contributed by atoms with Gasteiger partial charge in [-0.1, -0.05) is 0 Å². The molecule has 142 valence electrons. The Hall–Kier alpha value is -2.48. The summed E-state index contributed by atoms with van der Waals surface area (Å²) in [5.74, 6) is 1.18. The Morgan fingerprint density at radius 3 is 2.54 bits per heavy atom. The lowest BCUT2D eigenvalue weighted by molar-refractivity contribution is -0.127. The van der Waals surface area contributed by atoms with Crippen molar-refractivity contribution in [1.82, 2.24) is 5.32 Å². The molecule has 0 radical (unpaired) electrons. The highest BCUT2D eigenvalue weighted by molar-refractivity contribution is 7.92. The molecular formula is C18H24N2O5S. The molecule has 0 spiro atoms. The van der Waals surface area contributed by atoms with E-state index in [1.165, 1.54) is 11.4 Å². The molecule has 0 bridgehead atoms. The molecule has 1 N–H and O–H groups in total. The fraction of sp³-hybridized carbons (Fsp3) is 0.389. The van der Waals surface area contributed by atoms with E-state index in [-0.39, 0.29) is 5.91 Å². The molecule has 8 heteroatoms. The first-order valence-corrected chi connectivity index (χ1v) is 10.1. The van der Waals surface area contributed by atoms with Crippen molar-refractivity contribution in [3.05, 3.63) is 48.4 Å². The average molecular weight is 380 g/mol. The number of rotatable bonds is 9. The molecule has 26 heavy (non-hydrogen) atoms. The second-order valence-corrected chi connectivity index (χ2v) is 7.97. The van der Waals surface area contributed by atoms with Crippen LogP contribution in [0.4, 0.5) is 5.69 Å². The van der Waals surface area contributed by atoms with E-state index in [4.69, 9.17) is 9.15 Å². The minimum absolute atomic E-state index is 0.207. The number of ether oxygens (including phenoxy) is 1. The molecular weight excluding hydrogens is 356 g/mol. The number of hydrogen-bond acceptors (Lipinski definition) is 5. The largest absolute Gasteiger partial charge is 0.481 e. The smallest absolute Gasteiger partial charge is 0.260 e. The molecule has 0 aliphatic carbocycles. The van der Waals surface area contributed by atoms with E-state index in [0.29, 0.717) is 18.0 Å². The van der Waals surface area contributed by atoms with Crippen molar-refractivity contribution in [3.63, 3.8) is 0 Å². The van der Waals surface area contributed by atoms with Gasteiger partial charge in [0.05, 0.1) is 18.2 Å². The lowest BCUT2D eigenvalue weighted by Crippen LogP contribution is -2.36. The van der Waals surface area contributed by atoms with Crippen molar-refractivity contribution in [2.75, 3.05) is 24.2 Å². The Kier molecular flexibility index (Phi) is 6.68. The molecule has 0 aliphatic heterocycles. The minimum Gasteiger partial charge on any atom is -0.481 e. The summed E-state index contributed by atoms with van der Waals surface area (Å²) in [4.78, 5) is 12.1. The van der Waals surface area contributed by atoms with Crippen molar-refractivity contribution < 1.29 is 22.4 Å². The first-order valence-electron chi connectivity index (χ1n) is 8.28. The van der Waals surface area contributed by atoms with Gasteiger partial charge in [0.25, 0.3) is 5.91 Å². The van der Waals surface area contributed by atoms with Crippen LogP contribution in [0.1, 0.15) is 19.1 Å². The van der Waals surface area contributed by atoms with Crippen LogP contribution in [-0.2, 0) is 21.2 Å². The van der Waals surface area contributed by atoms with Gasteiger partial charge in [0.2, 0.25) is 10.0 Å². The standard InChI is InChI=1S/C18H24N2O5S/c1-14(18(21)19-12-4-6-16-7-5-13-24-16)25-17-10-8-15(9-11-17)20(2)26(3,22)23/h5,7-11,13-14H,4,6,12H2,1-3H3,(H,19,21)/t14-/m0/s1. The van der Waals surface area contributed by atoms with Crippen molar-refractivity contribution in [2.24, 2.45) is 0 Å². The summed E-state index contributed by atoms with van der Waals surface area (Å²) in [6.07, 6.45) is 3.64. The first kappa shape index (κ1) is 19.8. The molecule has 0 aliphatic rings. The Labute approximate surface area is 154 Å². The van der Waals surface area contributed by atoms with Crippen molar-refractivity contribution in [3.8, 4) is 5.75 Å². The van der Waals surface area contributed by atoms with Gasteiger partial charge in [-0.3, -0.25) is 9.10 Å². The van der Waals surface area contributed by atoms with Crippen molar-refractivity contribution in [1.29, 1.82) is 0 Å². The molecule has 2 rings (SSSR count). The van der Waals surface area contributed by atoms with Gasteiger partial charge < -0.3 is 14.5 Å². The number of benzene rings is 1. The highest BCUT2D eigenvalue weighted by Gasteiger charge is 2.15. The number of aryl methyl sites for hydroxylation is 1. The van der Waals surface area contributed by atoms with E-state index in [1.54, 1.807) is 37.5 Å². The zero-order chi connectivity index (χ0) is 19.2. The predicted molar refractivity (Wildman–Crippen MR) is 99.8 cm³/mol. The third kappa shape index (κ3) is 5.80.